The van der Waals surface area contributed by atoms with Crippen LogP contribution in [0.25, 0.3) is 11.1 Å². The van der Waals surface area contributed by atoms with Crippen molar-refractivity contribution in [1.29, 1.82) is 0 Å². The highest BCUT2D eigenvalue weighted by Crippen LogP contribution is 2.35. The minimum Gasteiger partial charge on any atom is -0.483 e. The van der Waals surface area contributed by atoms with E-state index in [2.05, 4.69) is 0 Å². The Bertz CT molecular complexity index is 543. The van der Waals surface area contributed by atoms with Gasteiger partial charge in [0.25, 0.3) is 0 Å². The molecule has 0 atom stereocenters. The van der Waals surface area contributed by atoms with Gasteiger partial charge in [-0.3, -0.25) is 0 Å². The van der Waals surface area contributed by atoms with Crippen LogP contribution in [0.2, 0.25) is 0 Å². The van der Waals surface area contributed by atoms with Gasteiger partial charge < -0.3 is 10.5 Å². The maximum Gasteiger partial charge on any atom is 0.422 e. The average molecular weight is 324 g/mol. The Balaban J connectivity index is 0.00000200. The van der Waals surface area contributed by atoms with Crippen LogP contribution in [0.1, 0.15) is 5.56 Å². The summed E-state index contributed by atoms with van der Waals surface area (Å²) in [5.41, 5.74) is 7.85. The van der Waals surface area contributed by atoms with E-state index in [1.165, 1.54) is 17.4 Å². The van der Waals surface area contributed by atoms with Gasteiger partial charge in [-0.05, 0) is 34.0 Å². The standard InChI is InChI=1S/C13H12F3NOS.ClH/c14-13(15,16)8-18-11-3-1-2-9(6-17)12(11)10-4-5-19-7-10;/h1-5,7H,6,8,17H2;1H. The Hall–Kier alpha value is -1.24. The second-order valence-corrected chi connectivity index (χ2v) is 4.69. The van der Waals surface area contributed by atoms with Crippen molar-refractivity contribution in [3.63, 3.8) is 0 Å². The molecule has 20 heavy (non-hydrogen) atoms. The van der Waals surface area contributed by atoms with Crippen LogP contribution in [0.5, 0.6) is 5.75 Å². The number of halogens is 4. The summed E-state index contributed by atoms with van der Waals surface area (Å²) in [6.07, 6.45) is -4.36. The quantitative estimate of drug-likeness (QED) is 0.913. The SMILES string of the molecule is Cl.NCc1cccc(OCC(F)(F)F)c1-c1ccsc1. The van der Waals surface area contributed by atoms with Crippen molar-refractivity contribution in [3.05, 3.63) is 40.6 Å². The van der Waals surface area contributed by atoms with Gasteiger partial charge in [-0.1, -0.05) is 12.1 Å². The second kappa shape index (κ2) is 6.97. The van der Waals surface area contributed by atoms with Gasteiger partial charge in [0.15, 0.2) is 6.61 Å². The van der Waals surface area contributed by atoms with Crippen molar-refractivity contribution in [2.24, 2.45) is 5.73 Å². The number of thiophene rings is 1. The maximum atomic E-state index is 12.3. The number of rotatable bonds is 4. The molecular weight excluding hydrogens is 311 g/mol. The molecule has 2 rings (SSSR count). The molecule has 2 aromatic rings. The van der Waals surface area contributed by atoms with Gasteiger partial charge in [-0.15, -0.1) is 12.4 Å². The Morgan fingerprint density at radius 2 is 1.95 bits per heavy atom. The van der Waals surface area contributed by atoms with Crippen molar-refractivity contribution >= 4 is 23.7 Å². The number of nitrogens with two attached hydrogens (primary N) is 1. The van der Waals surface area contributed by atoms with E-state index in [-0.39, 0.29) is 24.7 Å². The first-order chi connectivity index (χ1) is 9.01. The summed E-state index contributed by atoms with van der Waals surface area (Å²) in [5, 5.41) is 3.71. The Morgan fingerprint density at radius 3 is 2.50 bits per heavy atom. The minimum absolute atomic E-state index is 0. The molecule has 0 aliphatic carbocycles. The molecule has 1 heterocycles. The van der Waals surface area contributed by atoms with E-state index in [1.54, 1.807) is 12.1 Å². The van der Waals surface area contributed by atoms with E-state index in [1.807, 2.05) is 16.8 Å². The fourth-order valence-electron chi connectivity index (χ4n) is 1.76. The molecule has 110 valence electrons. The summed E-state index contributed by atoms with van der Waals surface area (Å²) in [7, 11) is 0. The van der Waals surface area contributed by atoms with Gasteiger partial charge >= 0.3 is 6.18 Å². The molecule has 1 aromatic carbocycles. The zero-order chi connectivity index (χ0) is 13.9. The molecule has 0 bridgehead atoms. The Kier molecular flexibility index (Phi) is 5.86. The molecule has 0 unspecified atom stereocenters. The average Bonchev–Trinajstić information content (AvgIpc) is 2.88. The van der Waals surface area contributed by atoms with Crippen molar-refractivity contribution < 1.29 is 17.9 Å². The molecule has 2 N–H and O–H groups in total. The van der Waals surface area contributed by atoms with Gasteiger partial charge in [0.1, 0.15) is 5.75 Å². The third-order valence-electron chi connectivity index (χ3n) is 2.53. The molecule has 7 heteroatoms. The van der Waals surface area contributed by atoms with Crippen LogP contribution in [0, 0.1) is 0 Å². The lowest BCUT2D eigenvalue weighted by Gasteiger charge is -2.15. The molecule has 2 nitrogen and oxygen atoms in total. The molecule has 1 aromatic heterocycles. The highest BCUT2D eigenvalue weighted by molar-refractivity contribution is 7.08. The van der Waals surface area contributed by atoms with Crippen LogP contribution >= 0.6 is 23.7 Å². The predicted molar refractivity (Wildman–Crippen MR) is 76.4 cm³/mol. The number of ether oxygens (including phenoxy) is 1. The van der Waals surface area contributed by atoms with Gasteiger partial charge in [0.2, 0.25) is 0 Å². The third-order valence-corrected chi connectivity index (χ3v) is 3.22. The van der Waals surface area contributed by atoms with Gasteiger partial charge in [-0.2, -0.15) is 24.5 Å². The van der Waals surface area contributed by atoms with E-state index in [0.717, 1.165) is 11.1 Å². The predicted octanol–water partition coefficient (Wildman–Crippen LogP) is 4.24. The summed E-state index contributed by atoms with van der Waals surface area (Å²) >= 11 is 1.47. The molecule has 0 spiro atoms. The van der Waals surface area contributed by atoms with Gasteiger partial charge in [0, 0.05) is 12.1 Å². The molecule has 0 saturated heterocycles. The highest BCUT2D eigenvalue weighted by Gasteiger charge is 2.29. The first-order valence-corrected chi connectivity index (χ1v) is 6.49. The zero-order valence-corrected chi connectivity index (χ0v) is 11.9. The monoisotopic (exact) mass is 323 g/mol. The molecule has 0 fully saturated rings. The molecular formula is C13H13ClF3NOS. The Morgan fingerprint density at radius 1 is 1.20 bits per heavy atom. The van der Waals surface area contributed by atoms with E-state index >= 15 is 0 Å². The lowest BCUT2D eigenvalue weighted by Crippen LogP contribution is -2.19. The molecule has 0 aliphatic heterocycles. The number of benzene rings is 1. The minimum atomic E-state index is -4.36. The van der Waals surface area contributed by atoms with Crippen LogP contribution in [0.3, 0.4) is 0 Å². The number of hydrogen-bond donors (Lipinski definition) is 1. The summed E-state index contributed by atoms with van der Waals surface area (Å²) < 4.78 is 41.6. The third kappa shape index (κ3) is 4.13. The van der Waals surface area contributed by atoms with E-state index < -0.39 is 12.8 Å². The van der Waals surface area contributed by atoms with Crippen molar-refractivity contribution in [2.45, 2.75) is 12.7 Å². The largest absolute Gasteiger partial charge is 0.483 e. The second-order valence-electron chi connectivity index (χ2n) is 3.91. The lowest BCUT2D eigenvalue weighted by atomic mass is 10.0. The van der Waals surface area contributed by atoms with Crippen LogP contribution in [0.4, 0.5) is 13.2 Å². The van der Waals surface area contributed by atoms with Crippen molar-refractivity contribution in [1.82, 2.24) is 0 Å². The topological polar surface area (TPSA) is 35.2 Å². The number of hydrogen-bond acceptors (Lipinski definition) is 3. The van der Waals surface area contributed by atoms with E-state index in [4.69, 9.17) is 10.5 Å². The van der Waals surface area contributed by atoms with E-state index in [9.17, 15) is 13.2 Å². The maximum absolute atomic E-state index is 12.3. The Labute approximate surface area is 124 Å². The first kappa shape index (κ1) is 16.8. The summed E-state index contributed by atoms with van der Waals surface area (Å²) in [5.74, 6) is 0.207. The zero-order valence-electron chi connectivity index (χ0n) is 10.3. The normalized spacial score (nSPS) is 11.0. The van der Waals surface area contributed by atoms with E-state index in [0.29, 0.717) is 5.56 Å². The summed E-state index contributed by atoms with van der Waals surface area (Å²) in [6, 6.07) is 6.79. The van der Waals surface area contributed by atoms with Gasteiger partial charge in [-0.25, -0.2) is 0 Å². The van der Waals surface area contributed by atoms with Crippen LogP contribution in [-0.2, 0) is 6.54 Å². The van der Waals surface area contributed by atoms with Crippen molar-refractivity contribution in [3.8, 4) is 16.9 Å². The van der Waals surface area contributed by atoms with Crippen molar-refractivity contribution in [2.75, 3.05) is 6.61 Å². The molecule has 0 amide bonds. The number of alkyl halides is 3. The van der Waals surface area contributed by atoms with Crippen LogP contribution in [0.15, 0.2) is 35.0 Å². The van der Waals surface area contributed by atoms with Crippen LogP contribution < -0.4 is 10.5 Å². The fourth-order valence-corrected chi connectivity index (χ4v) is 2.41. The molecule has 0 saturated carbocycles. The van der Waals surface area contributed by atoms with Crippen LogP contribution in [-0.4, -0.2) is 12.8 Å². The van der Waals surface area contributed by atoms with Gasteiger partial charge in [0.05, 0.1) is 0 Å². The summed E-state index contributed by atoms with van der Waals surface area (Å²) in [4.78, 5) is 0. The lowest BCUT2D eigenvalue weighted by molar-refractivity contribution is -0.153. The smallest absolute Gasteiger partial charge is 0.422 e. The summed E-state index contributed by atoms with van der Waals surface area (Å²) in [6.45, 7) is -1.06. The molecule has 0 aliphatic rings. The fraction of sp³-hybridized carbons (Fsp3) is 0.231. The first-order valence-electron chi connectivity index (χ1n) is 5.55. The highest BCUT2D eigenvalue weighted by atomic mass is 35.5. The molecule has 0 radical (unpaired) electrons.